The van der Waals surface area contributed by atoms with Crippen LogP contribution >= 0.6 is 11.6 Å². The first-order valence-electron chi connectivity index (χ1n) is 7.66. The minimum atomic E-state index is 0.00555. The van der Waals surface area contributed by atoms with E-state index in [4.69, 9.17) is 11.6 Å². The normalized spacial score (nSPS) is 25.5. The summed E-state index contributed by atoms with van der Waals surface area (Å²) in [7, 11) is 3.54. The van der Waals surface area contributed by atoms with Crippen LogP contribution in [0.1, 0.15) is 43.5 Å². The lowest BCUT2D eigenvalue weighted by atomic mass is 9.79. The molecule has 2 rings (SSSR count). The molecule has 0 saturated heterocycles. The molecule has 1 aliphatic carbocycles. The number of carbonyl (C=O) groups excluding carboxylic acids is 1. The molecule has 1 amide bonds. The Morgan fingerprint density at radius 1 is 1.29 bits per heavy atom. The fourth-order valence-corrected chi connectivity index (χ4v) is 3.31. The summed E-state index contributed by atoms with van der Waals surface area (Å²) in [4.78, 5) is 13.9. The molecule has 0 spiro atoms. The van der Waals surface area contributed by atoms with Gasteiger partial charge in [-0.05, 0) is 49.3 Å². The van der Waals surface area contributed by atoms with Gasteiger partial charge in [-0.3, -0.25) is 4.79 Å². The molecule has 3 unspecified atom stereocenters. The molecule has 1 aromatic rings. The summed E-state index contributed by atoms with van der Waals surface area (Å²) in [6.07, 6.45) is 3.61. The molecule has 0 aromatic heterocycles. The van der Waals surface area contributed by atoms with Crippen molar-refractivity contribution in [2.75, 3.05) is 19.4 Å². The maximum absolute atomic E-state index is 12.3. The van der Waals surface area contributed by atoms with Crippen molar-refractivity contribution in [3.63, 3.8) is 0 Å². The van der Waals surface area contributed by atoms with E-state index in [0.29, 0.717) is 22.5 Å². The van der Waals surface area contributed by atoms with Gasteiger partial charge in [-0.25, -0.2) is 0 Å². The number of nitrogens with zero attached hydrogens (tertiary/aromatic N) is 1. The first-order chi connectivity index (χ1) is 9.88. The summed E-state index contributed by atoms with van der Waals surface area (Å²) in [5.74, 6) is 1.40. The number of amides is 1. The summed E-state index contributed by atoms with van der Waals surface area (Å²) in [6, 6.07) is 5.86. The van der Waals surface area contributed by atoms with E-state index in [-0.39, 0.29) is 5.91 Å². The van der Waals surface area contributed by atoms with Gasteiger partial charge in [0, 0.05) is 30.8 Å². The van der Waals surface area contributed by atoms with E-state index >= 15 is 0 Å². The minimum Gasteiger partial charge on any atom is -0.381 e. The topological polar surface area (TPSA) is 32.3 Å². The van der Waals surface area contributed by atoms with Gasteiger partial charge in [0.1, 0.15) is 0 Å². The monoisotopic (exact) mass is 308 g/mol. The average molecular weight is 309 g/mol. The number of hydrogen-bond donors (Lipinski definition) is 1. The third-order valence-corrected chi connectivity index (χ3v) is 4.63. The molecule has 1 aromatic carbocycles. The Hall–Kier alpha value is -1.22. The van der Waals surface area contributed by atoms with Crippen LogP contribution in [0, 0.1) is 11.8 Å². The van der Waals surface area contributed by atoms with Crippen molar-refractivity contribution in [2.45, 2.75) is 39.2 Å². The second-order valence-electron chi connectivity index (χ2n) is 6.54. The highest BCUT2D eigenvalue weighted by atomic mass is 35.5. The smallest absolute Gasteiger partial charge is 0.255 e. The predicted molar refractivity (Wildman–Crippen MR) is 89.1 cm³/mol. The van der Waals surface area contributed by atoms with Gasteiger partial charge in [0.05, 0.1) is 5.56 Å². The number of benzene rings is 1. The first-order valence-corrected chi connectivity index (χ1v) is 8.04. The van der Waals surface area contributed by atoms with Crippen LogP contribution in [0.15, 0.2) is 18.2 Å². The summed E-state index contributed by atoms with van der Waals surface area (Å²) in [5, 5.41) is 4.22. The molecule has 1 aliphatic rings. The highest BCUT2D eigenvalue weighted by molar-refractivity contribution is 6.31. The van der Waals surface area contributed by atoms with Gasteiger partial charge in [0.15, 0.2) is 0 Å². The van der Waals surface area contributed by atoms with Crippen molar-refractivity contribution in [1.82, 2.24) is 4.90 Å². The van der Waals surface area contributed by atoms with Gasteiger partial charge in [0.25, 0.3) is 5.91 Å². The van der Waals surface area contributed by atoms with Crippen molar-refractivity contribution in [2.24, 2.45) is 11.8 Å². The van der Waals surface area contributed by atoms with Crippen LogP contribution < -0.4 is 5.32 Å². The number of hydrogen-bond acceptors (Lipinski definition) is 2. The lowest BCUT2D eigenvalue weighted by Crippen LogP contribution is -2.34. The van der Waals surface area contributed by atoms with Crippen LogP contribution in [0.25, 0.3) is 0 Å². The Morgan fingerprint density at radius 3 is 2.62 bits per heavy atom. The van der Waals surface area contributed by atoms with Crippen LogP contribution in [0.4, 0.5) is 5.69 Å². The molecule has 21 heavy (non-hydrogen) atoms. The largest absolute Gasteiger partial charge is 0.381 e. The molecule has 0 radical (unpaired) electrons. The van der Waals surface area contributed by atoms with Crippen molar-refractivity contribution in [3.8, 4) is 0 Å². The summed E-state index contributed by atoms with van der Waals surface area (Å²) < 4.78 is 0. The van der Waals surface area contributed by atoms with Crippen LogP contribution in [0.3, 0.4) is 0 Å². The Labute approximate surface area is 132 Å². The fraction of sp³-hybridized carbons (Fsp3) is 0.588. The van der Waals surface area contributed by atoms with Gasteiger partial charge < -0.3 is 10.2 Å². The summed E-state index contributed by atoms with van der Waals surface area (Å²) in [5.41, 5.74) is 1.54. The van der Waals surface area contributed by atoms with Crippen LogP contribution in [-0.2, 0) is 0 Å². The molecule has 0 aliphatic heterocycles. The molecular weight excluding hydrogens is 284 g/mol. The Morgan fingerprint density at radius 2 is 2.00 bits per heavy atom. The highest BCUT2D eigenvalue weighted by Crippen LogP contribution is 2.32. The maximum Gasteiger partial charge on any atom is 0.255 e. The molecule has 116 valence electrons. The van der Waals surface area contributed by atoms with Gasteiger partial charge in [-0.1, -0.05) is 25.4 Å². The van der Waals surface area contributed by atoms with E-state index < -0.39 is 0 Å². The van der Waals surface area contributed by atoms with E-state index in [0.717, 1.165) is 18.0 Å². The van der Waals surface area contributed by atoms with E-state index in [1.165, 1.54) is 12.8 Å². The first kappa shape index (κ1) is 16.2. The lowest BCUT2D eigenvalue weighted by molar-refractivity contribution is 0.0828. The van der Waals surface area contributed by atoms with Gasteiger partial charge in [0.2, 0.25) is 0 Å². The summed E-state index contributed by atoms with van der Waals surface area (Å²) >= 11 is 6.11. The van der Waals surface area contributed by atoms with Crippen LogP contribution in [0.5, 0.6) is 0 Å². The second kappa shape index (κ2) is 6.69. The number of rotatable bonds is 3. The Balaban J connectivity index is 2.22. The predicted octanol–water partition coefficient (Wildman–Crippen LogP) is 4.28. The molecule has 0 heterocycles. The summed E-state index contributed by atoms with van der Waals surface area (Å²) in [6.45, 7) is 4.60. The molecule has 1 fully saturated rings. The molecule has 1 saturated carbocycles. The van der Waals surface area contributed by atoms with Gasteiger partial charge in [-0.2, -0.15) is 0 Å². The molecule has 0 bridgehead atoms. The van der Waals surface area contributed by atoms with E-state index in [1.807, 2.05) is 12.1 Å². The quantitative estimate of drug-likeness (QED) is 0.904. The zero-order chi connectivity index (χ0) is 15.6. The van der Waals surface area contributed by atoms with E-state index in [9.17, 15) is 4.79 Å². The second-order valence-corrected chi connectivity index (χ2v) is 6.97. The zero-order valence-electron chi connectivity index (χ0n) is 13.3. The van der Waals surface area contributed by atoms with Crippen molar-refractivity contribution < 1.29 is 4.79 Å². The molecular formula is C17H25ClN2O. The lowest BCUT2D eigenvalue weighted by Gasteiger charge is -2.34. The molecule has 3 atom stereocenters. The van der Waals surface area contributed by atoms with Gasteiger partial charge in [-0.15, -0.1) is 0 Å². The standard InChI is InChI=1S/C17H25ClN2O/c1-11-5-8-15(12(2)9-11)19-16-10-13(18)6-7-14(16)17(21)20(3)4/h6-7,10-12,15,19H,5,8-9H2,1-4H3. The van der Waals surface area contributed by atoms with E-state index in [1.54, 1.807) is 25.1 Å². The highest BCUT2D eigenvalue weighted by Gasteiger charge is 2.26. The van der Waals surface area contributed by atoms with Crippen molar-refractivity contribution >= 4 is 23.2 Å². The Bertz CT molecular complexity index is 516. The third-order valence-electron chi connectivity index (χ3n) is 4.39. The minimum absolute atomic E-state index is 0.00555. The molecule has 3 nitrogen and oxygen atoms in total. The van der Waals surface area contributed by atoms with Crippen LogP contribution in [0.2, 0.25) is 5.02 Å². The maximum atomic E-state index is 12.3. The zero-order valence-corrected chi connectivity index (χ0v) is 14.1. The molecule has 4 heteroatoms. The fourth-order valence-electron chi connectivity index (χ4n) is 3.14. The van der Waals surface area contributed by atoms with Gasteiger partial charge >= 0.3 is 0 Å². The van der Waals surface area contributed by atoms with E-state index in [2.05, 4.69) is 19.2 Å². The van der Waals surface area contributed by atoms with Crippen molar-refractivity contribution in [3.05, 3.63) is 28.8 Å². The number of nitrogens with one attached hydrogen (secondary N) is 1. The third kappa shape index (κ3) is 3.91. The average Bonchev–Trinajstić information content (AvgIpc) is 2.41. The van der Waals surface area contributed by atoms with Crippen LogP contribution in [-0.4, -0.2) is 30.9 Å². The number of carbonyl (C=O) groups is 1. The number of halogens is 1. The molecule has 1 N–H and O–H groups in total. The van der Waals surface area contributed by atoms with Crippen molar-refractivity contribution in [1.29, 1.82) is 0 Å². The number of anilines is 1. The Kier molecular flexibility index (Phi) is 5.15. The SMILES string of the molecule is CC1CCC(Nc2cc(Cl)ccc2C(=O)N(C)C)C(C)C1.